The van der Waals surface area contributed by atoms with Crippen LogP contribution in [0, 0.1) is 6.92 Å². The highest BCUT2D eigenvalue weighted by Gasteiger charge is 2.07. The van der Waals surface area contributed by atoms with Crippen molar-refractivity contribution < 1.29 is 15.0 Å². The Morgan fingerprint density at radius 1 is 1.05 bits per heavy atom. The lowest BCUT2D eigenvalue weighted by Crippen LogP contribution is -1.95. The zero-order chi connectivity index (χ0) is 13.8. The van der Waals surface area contributed by atoms with E-state index in [4.69, 9.17) is 5.11 Å². The second-order valence-electron chi connectivity index (χ2n) is 4.31. The summed E-state index contributed by atoms with van der Waals surface area (Å²) in [6.07, 6.45) is 3.05. The SMILES string of the molecule is Cc1ccc(O)c(C(=O)/C=C/c2ccc(O)cc2)c1. The number of rotatable bonds is 3. The van der Waals surface area contributed by atoms with Crippen LogP contribution in [0.15, 0.2) is 48.5 Å². The molecule has 2 rings (SSSR count). The van der Waals surface area contributed by atoms with Crippen LogP contribution in [-0.4, -0.2) is 16.0 Å². The van der Waals surface area contributed by atoms with E-state index in [1.54, 1.807) is 42.5 Å². The summed E-state index contributed by atoms with van der Waals surface area (Å²) in [7, 11) is 0. The summed E-state index contributed by atoms with van der Waals surface area (Å²) in [6.45, 7) is 1.86. The predicted molar refractivity (Wildman–Crippen MR) is 74.3 cm³/mol. The number of hydrogen-bond acceptors (Lipinski definition) is 3. The van der Waals surface area contributed by atoms with Gasteiger partial charge in [-0.2, -0.15) is 0 Å². The van der Waals surface area contributed by atoms with E-state index in [9.17, 15) is 9.90 Å². The Bertz CT molecular complexity index is 625. The van der Waals surface area contributed by atoms with Crippen LogP contribution in [0.1, 0.15) is 21.5 Å². The van der Waals surface area contributed by atoms with Crippen molar-refractivity contribution in [2.24, 2.45) is 0 Å². The highest BCUT2D eigenvalue weighted by Crippen LogP contribution is 2.19. The number of phenolic OH excluding ortho intramolecular Hbond substituents is 2. The highest BCUT2D eigenvalue weighted by atomic mass is 16.3. The summed E-state index contributed by atoms with van der Waals surface area (Å²) in [5.74, 6) is -0.0972. The Morgan fingerprint density at radius 2 is 1.74 bits per heavy atom. The van der Waals surface area contributed by atoms with Crippen molar-refractivity contribution in [2.75, 3.05) is 0 Å². The maximum absolute atomic E-state index is 12.0. The van der Waals surface area contributed by atoms with E-state index in [2.05, 4.69) is 0 Å². The Kier molecular flexibility index (Phi) is 3.66. The lowest BCUT2D eigenvalue weighted by molar-refractivity contribution is 0.104. The number of hydrogen-bond donors (Lipinski definition) is 2. The third kappa shape index (κ3) is 3.22. The van der Waals surface area contributed by atoms with Crippen LogP contribution in [0.5, 0.6) is 11.5 Å². The number of aromatic hydroxyl groups is 2. The summed E-state index contributed by atoms with van der Waals surface area (Å²) < 4.78 is 0. The molecule has 3 nitrogen and oxygen atoms in total. The van der Waals surface area contributed by atoms with Crippen molar-refractivity contribution in [2.45, 2.75) is 6.92 Å². The molecule has 0 radical (unpaired) electrons. The van der Waals surface area contributed by atoms with Gasteiger partial charge >= 0.3 is 0 Å². The van der Waals surface area contributed by atoms with Gasteiger partial charge in [0.25, 0.3) is 0 Å². The quantitative estimate of drug-likeness (QED) is 0.652. The Labute approximate surface area is 111 Å². The van der Waals surface area contributed by atoms with Crippen molar-refractivity contribution >= 4 is 11.9 Å². The van der Waals surface area contributed by atoms with E-state index in [1.165, 1.54) is 12.1 Å². The number of carbonyl (C=O) groups is 1. The zero-order valence-electron chi connectivity index (χ0n) is 10.5. The molecule has 19 heavy (non-hydrogen) atoms. The van der Waals surface area contributed by atoms with Gasteiger partial charge in [0.05, 0.1) is 5.56 Å². The van der Waals surface area contributed by atoms with E-state index in [0.29, 0.717) is 0 Å². The molecule has 0 saturated heterocycles. The first kappa shape index (κ1) is 12.9. The molecule has 2 N–H and O–H groups in total. The fraction of sp³-hybridized carbons (Fsp3) is 0.0625. The van der Waals surface area contributed by atoms with Crippen LogP contribution in [0.2, 0.25) is 0 Å². The first-order chi connectivity index (χ1) is 9.06. The highest BCUT2D eigenvalue weighted by molar-refractivity contribution is 6.08. The topological polar surface area (TPSA) is 57.5 Å². The van der Waals surface area contributed by atoms with Gasteiger partial charge in [0, 0.05) is 0 Å². The minimum Gasteiger partial charge on any atom is -0.508 e. The fourth-order valence-corrected chi connectivity index (χ4v) is 1.69. The molecule has 0 aliphatic carbocycles. The number of carbonyl (C=O) groups excluding carboxylic acids is 1. The van der Waals surface area contributed by atoms with Gasteiger partial charge in [-0.1, -0.05) is 29.8 Å². The number of allylic oxidation sites excluding steroid dienone is 1. The molecule has 0 atom stereocenters. The molecular weight excluding hydrogens is 240 g/mol. The van der Waals surface area contributed by atoms with Crippen molar-refractivity contribution in [3.63, 3.8) is 0 Å². The fourth-order valence-electron chi connectivity index (χ4n) is 1.69. The summed E-state index contributed by atoms with van der Waals surface area (Å²) in [6, 6.07) is 11.4. The number of phenols is 2. The van der Waals surface area contributed by atoms with E-state index in [-0.39, 0.29) is 22.8 Å². The standard InChI is InChI=1S/C16H14O3/c1-11-2-8-15(18)14(10-11)16(19)9-5-12-3-6-13(17)7-4-12/h2-10,17-18H,1H3/b9-5+. The van der Waals surface area contributed by atoms with Crippen molar-refractivity contribution in [3.05, 3.63) is 65.2 Å². The second-order valence-corrected chi connectivity index (χ2v) is 4.31. The lowest BCUT2D eigenvalue weighted by atomic mass is 10.1. The van der Waals surface area contributed by atoms with E-state index < -0.39 is 0 Å². The monoisotopic (exact) mass is 254 g/mol. The molecule has 0 aliphatic heterocycles. The number of ketones is 1. The maximum Gasteiger partial charge on any atom is 0.189 e. The summed E-state index contributed by atoms with van der Waals surface area (Å²) >= 11 is 0. The average Bonchev–Trinajstić information content (AvgIpc) is 2.40. The Hall–Kier alpha value is -2.55. The van der Waals surface area contributed by atoms with Gasteiger partial charge in [0.15, 0.2) is 5.78 Å². The molecule has 0 aliphatic rings. The summed E-state index contributed by atoms with van der Waals surface area (Å²) in [5, 5.41) is 18.8. The summed E-state index contributed by atoms with van der Waals surface area (Å²) in [5.41, 5.74) is 2.01. The van der Waals surface area contributed by atoms with Crippen LogP contribution < -0.4 is 0 Å². The molecule has 0 fully saturated rings. The minimum absolute atomic E-state index is 0.0223. The molecule has 3 heteroatoms. The van der Waals surface area contributed by atoms with Crippen LogP contribution in [-0.2, 0) is 0 Å². The van der Waals surface area contributed by atoms with Crippen molar-refractivity contribution in [1.82, 2.24) is 0 Å². The van der Waals surface area contributed by atoms with E-state index >= 15 is 0 Å². The molecule has 0 amide bonds. The van der Waals surface area contributed by atoms with Gasteiger partial charge in [-0.3, -0.25) is 4.79 Å². The Balaban J connectivity index is 2.21. The third-order valence-electron chi connectivity index (χ3n) is 2.74. The minimum atomic E-state index is -0.255. The molecule has 0 saturated carbocycles. The molecule has 2 aromatic carbocycles. The first-order valence-corrected chi connectivity index (χ1v) is 5.87. The normalized spacial score (nSPS) is 10.8. The van der Waals surface area contributed by atoms with E-state index in [1.807, 2.05) is 6.92 Å². The number of benzene rings is 2. The maximum atomic E-state index is 12.0. The molecule has 0 aromatic heterocycles. The molecule has 96 valence electrons. The van der Waals surface area contributed by atoms with Gasteiger partial charge < -0.3 is 10.2 Å². The van der Waals surface area contributed by atoms with Gasteiger partial charge in [-0.05, 0) is 42.8 Å². The molecule has 0 bridgehead atoms. The van der Waals surface area contributed by atoms with Gasteiger partial charge in [0.2, 0.25) is 0 Å². The molecule has 0 unspecified atom stereocenters. The van der Waals surface area contributed by atoms with Crippen molar-refractivity contribution in [1.29, 1.82) is 0 Å². The molecule has 0 spiro atoms. The smallest absolute Gasteiger partial charge is 0.189 e. The summed E-state index contributed by atoms with van der Waals surface area (Å²) in [4.78, 5) is 12.0. The van der Waals surface area contributed by atoms with Crippen LogP contribution in [0.25, 0.3) is 6.08 Å². The van der Waals surface area contributed by atoms with Gasteiger partial charge in [-0.15, -0.1) is 0 Å². The second kappa shape index (κ2) is 5.40. The predicted octanol–water partition coefficient (Wildman–Crippen LogP) is 3.30. The van der Waals surface area contributed by atoms with Gasteiger partial charge in [0.1, 0.15) is 11.5 Å². The van der Waals surface area contributed by atoms with Crippen LogP contribution >= 0.6 is 0 Å². The third-order valence-corrected chi connectivity index (χ3v) is 2.74. The van der Waals surface area contributed by atoms with Gasteiger partial charge in [-0.25, -0.2) is 0 Å². The Morgan fingerprint density at radius 3 is 2.42 bits per heavy atom. The average molecular weight is 254 g/mol. The number of aryl methyl sites for hydroxylation is 1. The first-order valence-electron chi connectivity index (χ1n) is 5.87. The molecular formula is C16H14O3. The lowest BCUT2D eigenvalue weighted by Gasteiger charge is -2.01. The van der Waals surface area contributed by atoms with Crippen LogP contribution in [0.3, 0.4) is 0 Å². The van der Waals surface area contributed by atoms with Crippen LogP contribution in [0.4, 0.5) is 0 Å². The van der Waals surface area contributed by atoms with Crippen molar-refractivity contribution in [3.8, 4) is 11.5 Å². The molecule has 0 heterocycles. The molecule has 2 aromatic rings. The zero-order valence-corrected chi connectivity index (χ0v) is 10.5. The van der Waals surface area contributed by atoms with E-state index in [0.717, 1.165) is 11.1 Å². The largest absolute Gasteiger partial charge is 0.508 e.